The van der Waals surface area contributed by atoms with Crippen LogP contribution in [0, 0.1) is 11.6 Å². The standard InChI is InChI=1S/C13H12BrF2NO/c1-2-9-3-4-10(18-9)7-17-13-11(15)5-8(14)6-12(13)16/h3-6,17H,2,7H2,1H3. The summed E-state index contributed by atoms with van der Waals surface area (Å²) in [6.07, 6.45) is 0.793. The molecule has 1 heterocycles. The maximum atomic E-state index is 13.5. The third-order valence-electron chi connectivity index (χ3n) is 2.51. The number of nitrogens with one attached hydrogen (secondary N) is 1. The lowest BCUT2D eigenvalue weighted by Crippen LogP contribution is -2.03. The molecule has 0 unspecified atom stereocenters. The van der Waals surface area contributed by atoms with Gasteiger partial charge in [0.25, 0.3) is 0 Å². The summed E-state index contributed by atoms with van der Waals surface area (Å²) in [5.74, 6) is 0.227. The van der Waals surface area contributed by atoms with Crippen LogP contribution in [0.4, 0.5) is 14.5 Å². The Morgan fingerprint density at radius 3 is 2.33 bits per heavy atom. The Kier molecular flexibility index (Phi) is 4.01. The van der Waals surface area contributed by atoms with Gasteiger partial charge in [-0.1, -0.05) is 22.9 Å². The summed E-state index contributed by atoms with van der Waals surface area (Å²) >= 11 is 3.03. The largest absolute Gasteiger partial charge is 0.464 e. The van der Waals surface area contributed by atoms with Crippen LogP contribution in [0.25, 0.3) is 0 Å². The molecular formula is C13H12BrF2NO. The van der Waals surface area contributed by atoms with Crippen LogP contribution in [0.2, 0.25) is 0 Å². The minimum absolute atomic E-state index is 0.146. The van der Waals surface area contributed by atoms with Crippen molar-refractivity contribution in [1.82, 2.24) is 0 Å². The number of hydrogen-bond acceptors (Lipinski definition) is 2. The number of halogens is 3. The van der Waals surface area contributed by atoms with Crippen LogP contribution in [-0.2, 0) is 13.0 Å². The van der Waals surface area contributed by atoms with Gasteiger partial charge in [-0.25, -0.2) is 8.78 Å². The molecule has 0 aliphatic rings. The van der Waals surface area contributed by atoms with E-state index in [0.717, 1.165) is 12.2 Å². The SMILES string of the molecule is CCc1ccc(CNc2c(F)cc(Br)cc2F)o1. The topological polar surface area (TPSA) is 25.2 Å². The van der Waals surface area contributed by atoms with Gasteiger partial charge in [0.2, 0.25) is 0 Å². The van der Waals surface area contributed by atoms with E-state index in [1.54, 1.807) is 6.07 Å². The van der Waals surface area contributed by atoms with Crippen LogP contribution in [0.1, 0.15) is 18.4 Å². The second-order valence-corrected chi connectivity index (χ2v) is 4.74. The van der Waals surface area contributed by atoms with E-state index in [1.807, 2.05) is 13.0 Å². The predicted molar refractivity (Wildman–Crippen MR) is 69.5 cm³/mol. The second-order valence-electron chi connectivity index (χ2n) is 3.82. The lowest BCUT2D eigenvalue weighted by molar-refractivity contribution is 0.475. The van der Waals surface area contributed by atoms with Gasteiger partial charge in [-0.05, 0) is 24.3 Å². The van der Waals surface area contributed by atoms with Crippen molar-refractivity contribution >= 4 is 21.6 Å². The molecule has 0 saturated heterocycles. The summed E-state index contributed by atoms with van der Waals surface area (Å²) in [5, 5.41) is 2.70. The van der Waals surface area contributed by atoms with E-state index in [2.05, 4.69) is 21.2 Å². The monoisotopic (exact) mass is 315 g/mol. The molecule has 18 heavy (non-hydrogen) atoms. The van der Waals surface area contributed by atoms with E-state index >= 15 is 0 Å². The normalized spacial score (nSPS) is 10.7. The molecule has 0 amide bonds. The zero-order valence-corrected chi connectivity index (χ0v) is 11.4. The van der Waals surface area contributed by atoms with Crippen molar-refractivity contribution in [1.29, 1.82) is 0 Å². The highest BCUT2D eigenvalue weighted by Gasteiger charge is 2.10. The zero-order valence-electron chi connectivity index (χ0n) is 9.77. The Balaban J connectivity index is 2.10. The third kappa shape index (κ3) is 2.90. The minimum Gasteiger partial charge on any atom is -0.464 e. The molecule has 0 saturated carbocycles. The molecule has 1 N–H and O–H groups in total. The van der Waals surface area contributed by atoms with Gasteiger partial charge in [-0.2, -0.15) is 0 Å². The van der Waals surface area contributed by atoms with E-state index < -0.39 is 11.6 Å². The van der Waals surface area contributed by atoms with E-state index in [1.165, 1.54) is 12.1 Å². The first-order valence-corrected chi connectivity index (χ1v) is 6.35. The maximum Gasteiger partial charge on any atom is 0.150 e. The molecule has 0 aliphatic heterocycles. The number of furan rings is 1. The molecule has 0 fully saturated rings. The van der Waals surface area contributed by atoms with Crippen molar-refractivity contribution in [3.8, 4) is 0 Å². The summed E-state index contributed by atoms with van der Waals surface area (Å²) < 4.78 is 32.9. The highest BCUT2D eigenvalue weighted by molar-refractivity contribution is 9.10. The van der Waals surface area contributed by atoms with E-state index in [-0.39, 0.29) is 12.2 Å². The molecule has 2 rings (SSSR count). The molecule has 2 aromatic rings. The van der Waals surface area contributed by atoms with Crippen LogP contribution in [0.5, 0.6) is 0 Å². The summed E-state index contributed by atoms with van der Waals surface area (Å²) in [6.45, 7) is 2.22. The average molecular weight is 316 g/mol. The highest BCUT2D eigenvalue weighted by Crippen LogP contribution is 2.24. The van der Waals surface area contributed by atoms with Crippen molar-refractivity contribution in [2.24, 2.45) is 0 Å². The van der Waals surface area contributed by atoms with Gasteiger partial charge in [0.15, 0.2) is 0 Å². The summed E-state index contributed by atoms with van der Waals surface area (Å²) in [6, 6.07) is 6.07. The van der Waals surface area contributed by atoms with Gasteiger partial charge in [0.05, 0.1) is 6.54 Å². The Morgan fingerprint density at radius 2 is 1.78 bits per heavy atom. The molecule has 5 heteroatoms. The van der Waals surface area contributed by atoms with Crippen molar-refractivity contribution in [2.45, 2.75) is 19.9 Å². The Hall–Kier alpha value is -1.36. The zero-order chi connectivity index (χ0) is 13.1. The number of hydrogen-bond donors (Lipinski definition) is 1. The fourth-order valence-electron chi connectivity index (χ4n) is 1.59. The van der Waals surface area contributed by atoms with Gasteiger partial charge in [-0.15, -0.1) is 0 Å². The Morgan fingerprint density at radius 1 is 1.17 bits per heavy atom. The molecule has 1 aromatic heterocycles. The maximum absolute atomic E-state index is 13.5. The molecule has 0 radical (unpaired) electrons. The Labute approximate surface area is 112 Å². The first kappa shape index (κ1) is 13.1. The van der Waals surface area contributed by atoms with Crippen LogP contribution in [-0.4, -0.2) is 0 Å². The summed E-state index contributed by atoms with van der Waals surface area (Å²) in [4.78, 5) is 0. The van der Waals surface area contributed by atoms with Crippen LogP contribution in [0.15, 0.2) is 33.2 Å². The molecule has 96 valence electrons. The quantitative estimate of drug-likeness (QED) is 0.899. The van der Waals surface area contributed by atoms with Crippen molar-refractivity contribution in [2.75, 3.05) is 5.32 Å². The number of benzene rings is 1. The molecule has 2 nitrogen and oxygen atoms in total. The van der Waals surface area contributed by atoms with Crippen LogP contribution < -0.4 is 5.32 Å². The van der Waals surface area contributed by atoms with Gasteiger partial charge >= 0.3 is 0 Å². The van der Waals surface area contributed by atoms with Gasteiger partial charge in [0, 0.05) is 10.9 Å². The smallest absolute Gasteiger partial charge is 0.150 e. The number of rotatable bonds is 4. The Bertz CT molecular complexity index is 531. The van der Waals surface area contributed by atoms with E-state index in [4.69, 9.17) is 4.42 Å². The number of aryl methyl sites for hydroxylation is 1. The van der Waals surface area contributed by atoms with Crippen molar-refractivity contribution in [3.05, 3.63) is 51.9 Å². The number of anilines is 1. The van der Waals surface area contributed by atoms with Crippen molar-refractivity contribution < 1.29 is 13.2 Å². The molecular weight excluding hydrogens is 304 g/mol. The highest BCUT2D eigenvalue weighted by atomic mass is 79.9. The summed E-state index contributed by atoms with van der Waals surface area (Å²) in [7, 11) is 0. The van der Waals surface area contributed by atoms with E-state index in [9.17, 15) is 8.78 Å². The lowest BCUT2D eigenvalue weighted by atomic mass is 10.3. The molecule has 1 aromatic carbocycles. The van der Waals surface area contributed by atoms with Crippen LogP contribution in [0.3, 0.4) is 0 Å². The lowest BCUT2D eigenvalue weighted by Gasteiger charge is -2.07. The first-order valence-electron chi connectivity index (χ1n) is 5.56. The fourth-order valence-corrected chi connectivity index (χ4v) is 2.00. The average Bonchev–Trinajstić information content (AvgIpc) is 2.75. The van der Waals surface area contributed by atoms with Gasteiger partial charge in [-0.3, -0.25) is 0 Å². The first-order chi connectivity index (χ1) is 8.60. The van der Waals surface area contributed by atoms with Crippen molar-refractivity contribution in [3.63, 3.8) is 0 Å². The molecule has 0 spiro atoms. The van der Waals surface area contributed by atoms with Gasteiger partial charge < -0.3 is 9.73 Å². The third-order valence-corrected chi connectivity index (χ3v) is 2.97. The predicted octanol–water partition coefficient (Wildman–Crippen LogP) is 4.49. The fraction of sp³-hybridized carbons (Fsp3) is 0.231. The molecule has 0 atom stereocenters. The molecule has 0 aliphatic carbocycles. The van der Waals surface area contributed by atoms with Crippen LogP contribution >= 0.6 is 15.9 Å². The van der Waals surface area contributed by atoms with Gasteiger partial charge in [0.1, 0.15) is 28.8 Å². The second kappa shape index (κ2) is 5.52. The molecule has 0 bridgehead atoms. The van der Waals surface area contributed by atoms with E-state index in [0.29, 0.717) is 10.2 Å². The minimum atomic E-state index is -0.635. The summed E-state index contributed by atoms with van der Waals surface area (Å²) in [5.41, 5.74) is -0.146.